The Morgan fingerprint density at radius 1 is 1.11 bits per heavy atom. The third-order valence-electron chi connectivity index (χ3n) is 3.43. The molecule has 0 aliphatic carbocycles. The Kier molecular flexibility index (Phi) is 2.25. The molecule has 1 aliphatic heterocycles. The number of aromatic nitrogens is 3. The maximum atomic E-state index is 4.42. The maximum Gasteiger partial charge on any atom is 0.158 e. The van der Waals surface area contributed by atoms with E-state index in [1.807, 2.05) is 24.4 Å². The van der Waals surface area contributed by atoms with Crippen molar-refractivity contribution in [1.82, 2.24) is 20.5 Å². The minimum atomic E-state index is 0.819. The van der Waals surface area contributed by atoms with Gasteiger partial charge in [-0.1, -0.05) is 24.3 Å². The third kappa shape index (κ3) is 1.75. The van der Waals surface area contributed by atoms with Gasteiger partial charge in [0.05, 0.1) is 5.69 Å². The second-order valence-corrected chi connectivity index (χ2v) is 4.67. The number of aromatic amines is 1. The highest BCUT2D eigenvalue weighted by Crippen LogP contribution is 2.25. The first-order valence-electron chi connectivity index (χ1n) is 6.29. The van der Waals surface area contributed by atoms with Gasteiger partial charge in [-0.15, -0.1) is 0 Å². The summed E-state index contributed by atoms with van der Waals surface area (Å²) in [5.41, 5.74) is 2.36. The molecule has 0 atom stereocenters. The van der Waals surface area contributed by atoms with E-state index >= 15 is 0 Å². The van der Waals surface area contributed by atoms with Crippen LogP contribution in [0.3, 0.4) is 0 Å². The van der Waals surface area contributed by atoms with Gasteiger partial charge in [-0.3, -0.25) is 5.10 Å². The molecule has 0 fully saturated rings. The molecule has 0 unspecified atom stereocenters. The quantitative estimate of drug-likeness (QED) is 0.654. The Hall–Kier alpha value is -2.40. The van der Waals surface area contributed by atoms with Crippen LogP contribution in [-0.2, 0) is 13.1 Å². The molecule has 3 heterocycles. The summed E-state index contributed by atoms with van der Waals surface area (Å²) in [7, 11) is 0. The summed E-state index contributed by atoms with van der Waals surface area (Å²) in [6.07, 6.45) is 1.88. The van der Waals surface area contributed by atoms with Crippen molar-refractivity contribution < 1.29 is 0 Å². The molecule has 94 valence electrons. The molecule has 3 N–H and O–H groups in total. The number of nitrogens with one attached hydrogen (secondary N) is 3. The normalized spacial score (nSPS) is 13.7. The molecule has 0 saturated carbocycles. The molecule has 0 saturated heterocycles. The van der Waals surface area contributed by atoms with Crippen molar-refractivity contribution in [2.45, 2.75) is 13.1 Å². The van der Waals surface area contributed by atoms with Gasteiger partial charge in [-0.05, 0) is 11.5 Å². The van der Waals surface area contributed by atoms with E-state index in [0.29, 0.717) is 0 Å². The van der Waals surface area contributed by atoms with Crippen LogP contribution in [0.2, 0.25) is 0 Å². The standard InChI is InChI=1S/C14H13N5/c1-2-4-10-6-16-13(5-9(10)3-1)17-14-11-7-15-8-12(11)18-19-14/h1-6,15H,7-8H2,(H2,16,17,18,19). The molecule has 1 aliphatic rings. The first-order chi connectivity index (χ1) is 9.40. The average Bonchev–Trinajstić information content (AvgIpc) is 3.04. The summed E-state index contributed by atoms with van der Waals surface area (Å²) in [6.45, 7) is 1.71. The number of benzene rings is 1. The largest absolute Gasteiger partial charge is 0.323 e. The molecule has 3 aromatic rings. The highest BCUT2D eigenvalue weighted by molar-refractivity contribution is 5.84. The molecule has 0 radical (unpaired) electrons. The zero-order valence-electron chi connectivity index (χ0n) is 10.3. The minimum absolute atomic E-state index is 0.819. The van der Waals surface area contributed by atoms with E-state index in [-0.39, 0.29) is 0 Å². The first kappa shape index (κ1) is 10.5. The van der Waals surface area contributed by atoms with E-state index in [1.54, 1.807) is 0 Å². The van der Waals surface area contributed by atoms with Crippen molar-refractivity contribution in [2.75, 3.05) is 5.32 Å². The van der Waals surface area contributed by atoms with Gasteiger partial charge in [-0.2, -0.15) is 5.10 Å². The van der Waals surface area contributed by atoms with Gasteiger partial charge in [0.1, 0.15) is 5.82 Å². The zero-order valence-corrected chi connectivity index (χ0v) is 10.3. The van der Waals surface area contributed by atoms with Crippen molar-refractivity contribution in [3.8, 4) is 0 Å². The number of anilines is 2. The lowest BCUT2D eigenvalue weighted by atomic mass is 10.2. The number of fused-ring (bicyclic) bond motifs is 2. The van der Waals surface area contributed by atoms with Gasteiger partial charge in [0.15, 0.2) is 5.82 Å². The lowest BCUT2D eigenvalue weighted by Crippen LogP contribution is -2.04. The SMILES string of the molecule is c1ccc2cc(Nc3n[nH]c4c3CNC4)ncc2c1. The average molecular weight is 251 g/mol. The third-order valence-corrected chi connectivity index (χ3v) is 3.43. The summed E-state index contributed by atoms with van der Waals surface area (Å²) in [5, 5.41) is 16.2. The molecule has 5 nitrogen and oxygen atoms in total. The highest BCUT2D eigenvalue weighted by Gasteiger charge is 2.18. The number of nitrogens with zero attached hydrogens (tertiary/aromatic N) is 2. The summed E-state index contributed by atoms with van der Waals surface area (Å²) < 4.78 is 0. The van der Waals surface area contributed by atoms with Crippen LogP contribution in [0, 0.1) is 0 Å². The molecule has 0 bridgehead atoms. The Morgan fingerprint density at radius 2 is 2.00 bits per heavy atom. The van der Waals surface area contributed by atoms with E-state index in [1.165, 1.54) is 10.9 Å². The van der Waals surface area contributed by atoms with Crippen molar-refractivity contribution in [1.29, 1.82) is 0 Å². The van der Waals surface area contributed by atoms with Crippen LogP contribution in [0.25, 0.3) is 10.8 Å². The molecule has 0 spiro atoms. The van der Waals surface area contributed by atoms with Crippen LogP contribution >= 0.6 is 0 Å². The second-order valence-electron chi connectivity index (χ2n) is 4.67. The van der Waals surface area contributed by atoms with Crippen molar-refractivity contribution in [2.24, 2.45) is 0 Å². The fraction of sp³-hybridized carbons (Fsp3) is 0.143. The molecule has 1 aromatic carbocycles. The molecule has 0 amide bonds. The van der Waals surface area contributed by atoms with Gasteiger partial charge in [0.2, 0.25) is 0 Å². The summed E-state index contributed by atoms with van der Waals surface area (Å²) in [6, 6.07) is 10.2. The van der Waals surface area contributed by atoms with Crippen LogP contribution in [0.1, 0.15) is 11.3 Å². The Morgan fingerprint density at radius 3 is 2.95 bits per heavy atom. The number of hydrogen-bond donors (Lipinski definition) is 3. The van der Waals surface area contributed by atoms with Gasteiger partial charge in [0.25, 0.3) is 0 Å². The lowest BCUT2D eigenvalue weighted by molar-refractivity contribution is 0.743. The molecule has 19 heavy (non-hydrogen) atoms. The predicted octanol–water partition coefficient (Wildman–Crippen LogP) is 2.30. The fourth-order valence-corrected chi connectivity index (χ4v) is 2.43. The summed E-state index contributed by atoms with van der Waals surface area (Å²) in [4.78, 5) is 4.42. The predicted molar refractivity (Wildman–Crippen MR) is 74.2 cm³/mol. The number of rotatable bonds is 2. The zero-order chi connectivity index (χ0) is 12.7. The fourth-order valence-electron chi connectivity index (χ4n) is 2.43. The molecule has 2 aromatic heterocycles. The second kappa shape index (κ2) is 4.07. The Labute approximate surface area is 110 Å². The van der Waals surface area contributed by atoms with E-state index in [2.05, 4.69) is 37.9 Å². The van der Waals surface area contributed by atoms with E-state index in [0.717, 1.165) is 35.8 Å². The van der Waals surface area contributed by atoms with Crippen molar-refractivity contribution in [3.63, 3.8) is 0 Å². The smallest absolute Gasteiger partial charge is 0.158 e. The molecule has 4 rings (SSSR count). The molecule has 5 heteroatoms. The molecular weight excluding hydrogens is 238 g/mol. The van der Waals surface area contributed by atoms with Crippen LogP contribution in [0.4, 0.5) is 11.6 Å². The van der Waals surface area contributed by atoms with Gasteiger partial charge in [-0.25, -0.2) is 4.98 Å². The molecular formula is C14H13N5. The number of hydrogen-bond acceptors (Lipinski definition) is 4. The Balaban J connectivity index is 1.71. The van der Waals surface area contributed by atoms with E-state index in [9.17, 15) is 0 Å². The van der Waals surface area contributed by atoms with E-state index < -0.39 is 0 Å². The van der Waals surface area contributed by atoms with Crippen molar-refractivity contribution >= 4 is 22.4 Å². The van der Waals surface area contributed by atoms with Gasteiger partial charge < -0.3 is 10.6 Å². The monoisotopic (exact) mass is 251 g/mol. The number of H-pyrrole nitrogens is 1. The number of pyridine rings is 1. The minimum Gasteiger partial charge on any atom is -0.323 e. The summed E-state index contributed by atoms with van der Waals surface area (Å²) in [5.74, 6) is 1.68. The maximum absolute atomic E-state index is 4.42. The van der Waals surface area contributed by atoms with E-state index in [4.69, 9.17) is 0 Å². The van der Waals surface area contributed by atoms with Crippen molar-refractivity contribution in [3.05, 3.63) is 47.8 Å². The van der Waals surface area contributed by atoms with Crippen LogP contribution in [0.5, 0.6) is 0 Å². The Bertz CT molecular complexity index is 746. The lowest BCUT2D eigenvalue weighted by Gasteiger charge is -2.05. The van der Waals surface area contributed by atoms with Gasteiger partial charge >= 0.3 is 0 Å². The van der Waals surface area contributed by atoms with Crippen LogP contribution < -0.4 is 10.6 Å². The summed E-state index contributed by atoms with van der Waals surface area (Å²) >= 11 is 0. The topological polar surface area (TPSA) is 65.6 Å². The van der Waals surface area contributed by atoms with Crippen LogP contribution in [0.15, 0.2) is 36.5 Å². The highest BCUT2D eigenvalue weighted by atomic mass is 15.2. The van der Waals surface area contributed by atoms with Crippen LogP contribution in [-0.4, -0.2) is 15.2 Å². The van der Waals surface area contributed by atoms with Gasteiger partial charge in [0, 0.05) is 30.2 Å². The first-order valence-corrected chi connectivity index (χ1v) is 6.29.